The molecule has 0 atom stereocenters. The van der Waals surface area contributed by atoms with Gasteiger partial charge in [-0.3, -0.25) is 19.2 Å². The SMILES string of the molecule is O=C(O)CCCCOc1ccc(-c2c3nc(c(-c4ccc(OCCCCC(=O)O)cc4)c4ccc([nH]4)c(-c4ccc(OCCCCC(=O)O)cc4)c4nc(c(-c5ccc(OCCCCC(=O)O)cc5)c5ccc2[nH]5)C=C4)C=C3)cc1. The Bertz CT molecular complexity index is 3100. The molecule has 0 saturated carbocycles. The van der Waals surface area contributed by atoms with Crippen molar-refractivity contribution >= 4 is 70.2 Å². The zero-order valence-corrected chi connectivity index (χ0v) is 44.1. The molecule has 4 aromatic carbocycles. The molecule has 0 aliphatic carbocycles. The summed E-state index contributed by atoms with van der Waals surface area (Å²) in [6.45, 7) is 1.52. The Hall–Kier alpha value is -9.44. The van der Waals surface area contributed by atoms with Crippen LogP contribution >= 0.6 is 0 Å². The van der Waals surface area contributed by atoms with E-state index in [1.807, 2.05) is 146 Å². The molecule has 16 nitrogen and oxygen atoms in total. The van der Waals surface area contributed by atoms with Gasteiger partial charge in [0.15, 0.2) is 0 Å². The molecule has 5 heterocycles. The molecule has 16 heteroatoms. The number of hydrogen-bond donors (Lipinski definition) is 6. The fourth-order valence-electron chi connectivity index (χ4n) is 9.56. The van der Waals surface area contributed by atoms with E-state index in [-0.39, 0.29) is 25.7 Å². The van der Waals surface area contributed by atoms with Crippen molar-refractivity contribution in [1.29, 1.82) is 0 Å². The number of aromatic amines is 2. The Balaban J connectivity index is 1.21. The number of rotatable bonds is 28. The zero-order chi connectivity index (χ0) is 55.8. The van der Waals surface area contributed by atoms with Crippen molar-refractivity contribution in [1.82, 2.24) is 19.9 Å². The quantitative estimate of drug-likeness (QED) is 0.0250. The molecule has 0 saturated heterocycles. The lowest BCUT2D eigenvalue weighted by atomic mass is 10.0. The van der Waals surface area contributed by atoms with E-state index in [9.17, 15) is 19.2 Å². The van der Waals surface area contributed by atoms with Gasteiger partial charge >= 0.3 is 23.9 Å². The number of hydrogen-bond acceptors (Lipinski definition) is 10. The van der Waals surface area contributed by atoms with Gasteiger partial charge in [0, 0.05) is 70.0 Å². The van der Waals surface area contributed by atoms with E-state index in [0.717, 1.165) is 66.6 Å². The first-order valence-electron chi connectivity index (χ1n) is 26.9. The minimum atomic E-state index is -0.834. The Labute approximate surface area is 462 Å². The van der Waals surface area contributed by atoms with Gasteiger partial charge in [-0.15, -0.1) is 0 Å². The molecule has 0 amide bonds. The lowest BCUT2D eigenvalue weighted by molar-refractivity contribution is -0.138. The van der Waals surface area contributed by atoms with Crippen molar-refractivity contribution in [2.24, 2.45) is 0 Å². The van der Waals surface area contributed by atoms with Crippen molar-refractivity contribution in [2.75, 3.05) is 26.4 Å². The average Bonchev–Trinajstić information content (AvgIpc) is 4.36. The summed E-state index contributed by atoms with van der Waals surface area (Å²) in [5.74, 6) is -0.729. The van der Waals surface area contributed by atoms with Gasteiger partial charge in [-0.25, -0.2) is 9.97 Å². The highest BCUT2D eigenvalue weighted by molar-refractivity contribution is 6.00. The molecule has 9 rings (SSSR count). The summed E-state index contributed by atoms with van der Waals surface area (Å²) in [5, 5.41) is 36.4. The topological polar surface area (TPSA) is 243 Å². The number of carbonyl (C=O) groups is 4. The van der Waals surface area contributed by atoms with Crippen molar-refractivity contribution in [3.63, 3.8) is 0 Å². The molecule has 8 bridgehead atoms. The maximum atomic E-state index is 11.1. The number of fused-ring (bicyclic) bond motifs is 8. The molecular formula is C64H62N4O12. The smallest absolute Gasteiger partial charge is 0.303 e. The van der Waals surface area contributed by atoms with E-state index >= 15 is 0 Å². The fraction of sp³-hybridized carbons (Fsp3) is 0.250. The Morgan fingerprint density at radius 1 is 0.312 bits per heavy atom. The Morgan fingerprint density at radius 3 is 0.725 bits per heavy atom. The number of nitrogens with one attached hydrogen (secondary N) is 2. The van der Waals surface area contributed by atoms with Crippen LogP contribution in [0.15, 0.2) is 121 Å². The molecule has 2 aliphatic heterocycles. The maximum Gasteiger partial charge on any atom is 0.303 e. The van der Waals surface area contributed by atoms with E-state index in [1.165, 1.54) is 0 Å². The molecule has 0 radical (unpaired) electrons. The van der Waals surface area contributed by atoms with Crippen LogP contribution in [0, 0.1) is 0 Å². The van der Waals surface area contributed by atoms with Gasteiger partial charge in [0.2, 0.25) is 0 Å². The molecule has 7 aromatic rings. The number of nitrogens with zero attached hydrogens (tertiary/aromatic N) is 2. The van der Waals surface area contributed by atoms with Gasteiger partial charge in [-0.1, -0.05) is 48.5 Å². The van der Waals surface area contributed by atoms with Crippen molar-refractivity contribution in [2.45, 2.75) is 77.0 Å². The number of ether oxygens (including phenoxy) is 4. The third kappa shape index (κ3) is 14.6. The second-order valence-corrected chi connectivity index (χ2v) is 19.4. The number of aromatic nitrogens is 4. The molecule has 0 unspecified atom stereocenters. The van der Waals surface area contributed by atoms with Crippen LogP contribution in [-0.2, 0) is 19.2 Å². The number of aliphatic carboxylic acids is 4. The standard InChI is InChI=1S/C64H62N4O12/c69-57(70)9-1-5-37-77-45-21-13-41(14-22-45)61-49-29-31-51(65-49)62(42-15-23-46(24-16-42)78-38-6-2-10-58(71)72)53-33-35-55(67-53)64(44-19-27-48(28-20-44)80-40-8-4-12-60(75)76)56-36-34-54(68-56)63(52-32-30-50(61)66-52)43-17-25-47(26-18-43)79-39-7-3-11-59(73)74/h13-36,65,68H,1-12,37-40H2,(H,69,70)(H,71,72)(H,73,74)(H,75,76). The van der Waals surface area contributed by atoms with Crippen LogP contribution in [0.1, 0.15) is 99.8 Å². The van der Waals surface area contributed by atoms with Crippen LogP contribution in [0.5, 0.6) is 23.0 Å². The van der Waals surface area contributed by atoms with Crippen LogP contribution in [-0.4, -0.2) is 90.7 Å². The number of H-pyrrole nitrogens is 2. The summed E-state index contributed by atoms with van der Waals surface area (Å²) in [6, 6.07) is 39.3. The van der Waals surface area contributed by atoms with E-state index in [2.05, 4.69) is 9.97 Å². The lowest BCUT2D eigenvalue weighted by Crippen LogP contribution is -2.00. The molecule has 80 heavy (non-hydrogen) atoms. The van der Waals surface area contributed by atoms with Gasteiger partial charge < -0.3 is 49.3 Å². The zero-order valence-electron chi connectivity index (χ0n) is 44.1. The van der Waals surface area contributed by atoms with Crippen LogP contribution < -0.4 is 18.9 Å². The first kappa shape index (κ1) is 55.3. The molecule has 410 valence electrons. The predicted molar refractivity (Wildman–Crippen MR) is 309 cm³/mol. The average molecular weight is 1080 g/mol. The van der Waals surface area contributed by atoms with E-state index in [1.54, 1.807) is 0 Å². The van der Waals surface area contributed by atoms with Gasteiger partial charge in [0.05, 0.1) is 49.2 Å². The highest BCUT2D eigenvalue weighted by Gasteiger charge is 2.20. The molecule has 6 N–H and O–H groups in total. The number of unbranched alkanes of at least 4 members (excludes halogenated alkanes) is 4. The molecule has 3 aromatic heterocycles. The van der Waals surface area contributed by atoms with E-state index in [4.69, 9.17) is 49.3 Å². The third-order valence-electron chi connectivity index (χ3n) is 13.5. The minimum Gasteiger partial charge on any atom is -0.494 e. The monoisotopic (exact) mass is 1080 g/mol. The van der Waals surface area contributed by atoms with E-state index in [0.29, 0.717) is 124 Å². The fourth-order valence-corrected chi connectivity index (χ4v) is 9.56. The van der Waals surface area contributed by atoms with E-state index < -0.39 is 23.9 Å². The van der Waals surface area contributed by atoms with Crippen molar-refractivity contribution in [3.8, 4) is 67.5 Å². The van der Waals surface area contributed by atoms with Crippen LogP contribution in [0.2, 0.25) is 0 Å². The first-order valence-corrected chi connectivity index (χ1v) is 26.9. The van der Waals surface area contributed by atoms with Gasteiger partial charge in [0.1, 0.15) is 23.0 Å². The maximum absolute atomic E-state index is 11.1. The Kier molecular flexibility index (Phi) is 18.5. The number of benzene rings is 4. The third-order valence-corrected chi connectivity index (χ3v) is 13.5. The Morgan fingerprint density at radius 2 is 0.525 bits per heavy atom. The second kappa shape index (κ2) is 26.7. The second-order valence-electron chi connectivity index (χ2n) is 19.4. The van der Waals surface area contributed by atoms with Gasteiger partial charge in [0.25, 0.3) is 0 Å². The summed E-state index contributed by atoms with van der Waals surface area (Å²) in [5.41, 5.74) is 12.7. The van der Waals surface area contributed by atoms with Crippen LogP contribution in [0.4, 0.5) is 0 Å². The van der Waals surface area contributed by atoms with Gasteiger partial charge in [-0.05, 0) is 171 Å². The normalized spacial score (nSPS) is 11.6. The minimum absolute atomic E-state index is 0.0835. The summed E-state index contributed by atoms with van der Waals surface area (Å²) >= 11 is 0. The summed E-state index contributed by atoms with van der Waals surface area (Å²) < 4.78 is 24.2. The summed E-state index contributed by atoms with van der Waals surface area (Å²) in [6.07, 6.45) is 12.9. The van der Waals surface area contributed by atoms with Crippen LogP contribution in [0.25, 0.3) is 90.9 Å². The van der Waals surface area contributed by atoms with Gasteiger partial charge in [-0.2, -0.15) is 0 Å². The molecule has 2 aliphatic rings. The summed E-state index contributed by atoms with van der Waals surface area (Å²) in [7, 11) is 0. The summed E-state index contributed by atoms with van der Waals surface area (Å²) in [4.78, 5) is 62.7. The molecule has 0 spiro atoms. The molecular weight excluding hydrogens is 1020 g/mol. The molecule has 0 fully saturated rings. The largest absolute Gasteiger partial charge is 0.494 e. The van der Waals surface area contributed by atoms with Crippen molar-refractivity contribution in [3.05, 3.63) is 144 Å². The highest BCUT2D eigenvalue weighted by Crippen LogP contribution is 2.40. The number of carboxylic acids is 4. The van der Waals surface area contributed by atoms with Crippen molar-refractivity contribution < 1.29 is 58.6 Å². The highest BCUT2D eigenvalue weighted by atomic mass is 16.5. The predicted octanol–water partition coefficient (Wildman–Crippen LogP) is 13.9. The first-order chi connectivity index (χ1) is 38.9. The van der Waals surface area contributed by atoms with Crippen LogP contribution in [0.3, 0.4) is 0 Å². The lowest BCUT2D eigenvalue weighted by Gasteiger charge is -2.10. The number of carboxylic acid groups (broad SMARTS) is 4.